The Morgan fingerprint density at radius 3 is 2.65 bits per heavy atom. The van der Waals surface area contributed by atoms with Crippen LogP contribution in [0.3, 0.4) is 0 Å². The van der Waals surface area contributed by atoms with Gasteiger partial charge in [0.15, 0.2) is 0 Å². The van der Waals surface area contributed by atoms with Gasteiger partial charge in [0.2, 0.25) is 0 Å². The number of rotatable bonds is 3. The van der Waals surface area contributed by atoms with E-state index in [2.05, 4.69) is 30.7 Å². The van der Waals surface area contributed by atoms with Gasteiger partial charge in [0.05, 0.1) is 12.6 Å². The van der Waals surface area contributed by atoms with Crippen LogP contribution in [-0.2, 0) is 12.5 Å². The Bertz CT molecular complexity index is 540. The van der Waals surface area contributed by atoms with Gasteiger partial charge in [-0.25, -0.2) is 0 Å². The summed E-state index contributed by atoms with van der Waals surface area (Å²) < 4.78 is 7.53. The fourth-order valence-electron chi connectivity index (χ4n) is 2.25. The number of hydrogen-bond acceptors (Lipinski definition) is 2. The van der Waals surface area contributed by atoms with Crippen LogP contribution in [-0.4, -0.2) is 18.2 Å². The normalized spacial score (nSPS) is 12.1. The van der Waals surface area contributed by atoms with Crippen molar-refractivity contribution in [2.45, 2.75) is 19.3 Å². The summed E-state index contributed by atoms with van der Waals surface area (Å²) >= 11 is 0. The predicted molar refractivity (Wildman–Crippen MR) is 71.6 cm³/mol. The molecule has 2 N–H and O–H groups in total. The highest BCUT2D eigenvalue weighted by molar-refractivity contribution is 5.90. The molecule has 1 heterocycles. The maximum Gasteiger partial charge on any atom is 0.143 e. The van der Waals surface area contributed by atoms with Crippen LogP contribution in [0.5, 0.6) is 5.75 Å². The van der Waals surface area contributed by atoms with E-state index in [1.807, 2.05) is 19.2 Å². The summed E-state index contributed by atoms with van der Waals surface area (Å²) in [6.45, 7) is 4.96. The number of aryl methyl sites for hydroxylation is 1. The van der Waals surface area contributed by atoms with Crippen molar-refractivity contribution in [3.63, 3.8) is 0 Å². The number of nitrogens with two attached hydrogens (primary N) is 1. The second-order valence-electron chi connectivity index (χ2n) is 5.10. The van der Waals surface area contributed by atoms with Crippen molar-refractivity contribution in [3.8, 4) is 5.75 Å². The Morgan fingerprint density at radius 1 is 1.35 bits per heavy atom. The van der Waals surface area contributed by atoms with E-state index in [4.69, 9.17) is 10.5 Å². The quantitative estimate of drug-likeness (QED) is 0.883. The molecular weight excluding hydrogens is 212 g/mol. The van der Waals surface area contributed by atoms with Crippen LogP contribution >= 0.6 is 0 Å². The maximum atomic E-state index is 5.87. The fourth-order valence-corrected chi connectivity index (χ4v) is 2.25. The molecule has 0 fully saturated rings. The lowest BCUT2D eigenvalue weighted by atomic mass is 9.84. The van der Waals surface area contributed by atoms with Gasteiger partial charge in [-0.15, -0.1) is 0 Å². The zero-order valence-corrected chi connectivity index (χ0v) is 10.9. The van der Waals surface area contributed by atoms with E-state index in [0.717, 1.165) is 11.3 Å². The molecule has 1 aromatic carbocycles. The van der Waals surface area contributed by atoms with Crippen molar-refractivity contribution in [2.75, 3.05) is 13.7 Å². The number of ether oxygens (including phenoxy) is 1. The van der Waals surface area contributed by atoms with Gasteiger partial charge in [-0.2, -0.15) is 0 Å². The van der Waals surface area contributed by atoms with Crippen molar-refractivity contribution >= 4 is 10.9 Å². The summed E-state index contributed by atoms with van der Waals surface area (Å²) in [6, 6.07) is 6.14. The van der Waals surface area contributed by atoms with E-state index in [1.165, 1.54) is 10.9 Å². The van der Waals surface area contributed by atoms with Crippen molar-refractivity contribution in [1.82, 2.24) is 4.57 Å². The van der Waals surface area contributed by atoms with E-state index in [0.29, 0.717) is 6.54 Å². The average molecular weight is 232 g/mol. The van der Waals surface area contributed by atoms with E-state index in [1.54, 1.807) is 7.11 Å². The summed E-state index contributed by atoms with van der Waals surface area (Å²) in [6.07, 6.45) is 2.15. The molecule has 0 spiro atoms. The molecular formula is C14H20N2O. The lowest BCUT2D eigenvalue weighted by molar-refractivity contribution is 0.418. The van der Waals surface area contributed by atoms with Gasteiger partial charge in [-0.05, 0) is 11.6 Å². The largest absolute Gasteiger partial charge is 0.495 e. The third-order valence-electron chi connectivity index (χ3n) is 3.42. The van der Waals surface area contributed by atoms with Crippen molar-refractivity contribution < 1.29 is 4.74 Å². The zero-order chi connectivity index (χ0) is 12.6. The Morgan fingerprint density at radius 2 is 2.06 bits per heavy atom. The molecule has 3 nitrogen and oxygen atoms in total. The van der Waals surface area contributed by atoms with Gasteiger partial charge >= 0.3 is 0 Å². The highest BCUT2D eigenvalue weighted by Crippen LogP contribution is 2.35. The molecule has 2 aromatic rings. The third-order valence-corrected chi connectivity index (χ3v) is 3.42. The molecule has 0 saturated carbocycles. The number of fused-ring (bicyclic) bond motifs is 1. The van der Waals surface area contributed by atoms with E-state index < -0.39 is 0 Å². The lowest BCUT2D eigenvalue weighted by Gasteiger charge is -2.21. The molecule has 0 amide bonds. The summed E-state index contributed by atoms with van der Waals surface area (Å²) in [5.74, 6) is 0.907. The second-order valence-corrected chi connectivity index (χ2v) is 5.10. The standard InChI is InChI=1S/C14H20N2O/c1-14(2,9-15)11-8-16(3)13-10(11)6-5-7-12(13)17-4/h5-8H,9,15H2,1-4H3. The van der Waals surface area contributed by atoms with Crippen molar-refractivity contribution in [2.24, 2.45) is 12.8 Å². The number of methoxy groups -OCH3 is 1. The highest BCUT2D eigenvalue weighted by atomic mass is 16.5. The van der Waals surface area contributed by atoms with Gasteiger partial charge in [-0.3, -0.25) is 0 Å². The summed E-state index contributed by atoms with van der Waals surface area (Å²) in [5.41, 5.74) is 8.25. The Hall–Kier alpha value is -1.48. The SMILES string of the molecule is COc1cccc2c(C(C)(C)CN)cn(C)c12. The first-order chi connectivity index (χ1) is 8.01. The zero-order valence-electron chi connectivity index (χ0n) is 10.9. The predicted octanol–water partition coefficient (Wildman–Crippen LogP) is 2.42. The number of benzene rings is 1. The fraction of sp³-hybridized carbons (Fsp3) is 0.429. The van der Waals surface area contributed by atoms with Crippen LogP contribution in [0.1, 0.15) is 19.4 Å². The number of nitrogens with zero attached hydrogens (tertiary/aromatic N) is 1. The monoisotopic (exact) mass is 232 g/mol. The molecule has 0 radical (unpaired) electrons. The summed E-state index contributed by atoms with van der Waals surface area (Å²) in [7, 11) is 3.75. The van der Waals surface area contributed by atoms with Gasteiger partial charge in [0.25, 0.3) is 0 Å². The van der Waals surface area contributed by atoms with Crippen LogP contribution < -0.4 is 10.5 Å². The van der Waals surface area contributed by atoms with Crippen LogP contribution in [0.25, 0.3) is 10.9 Å². The number of hydrogen-bond donors (Lipinski definition) is 1. The molecule has 1 aromatic heterocycles. The lowest BCUT2D eigenvalue weighted by Crippen LogP contribution is -2.27. The van der Waals surface area contributed by atoms with Gasteiger partial charge in [-0.1, -0.05) is 26.0 Å². The smallest absolute Gasteiger partial charge is 0.143 e. The van der Waals surface area contributed by atoms with Crippen molar-refractivity contribution in [3.05, 3.63) is 30.0 Å². The van der Waals surface area contributed by atoms with E-state index in [-0.39, 0.29) is 5.41 Å². The van der Waals surface area contributed by atoms with Gasteiger partial charge in [0, 0.05) is 30.6 Å². The molecule has 0 bridgehead atoms. The van der Waals surface area contributed by atoms with Crippen LogP contribution in [0, 0.1) is 0 Å². The highest BCUT2D eigenvalue weighted by Gasteiger charge is 2.24. The van der Waals surface area contributed by atoms with Crippen LogP contribution in [0.15, 0.2) is 24.4 Å². The summed E-state index contributed by atoms with van der Waals surface area (Å²) in [4.78, 5) is 0. The summed E-state index contributed by atoms with van der Waals surface area (Å²) in [5, 5.41) is 1.22. The molecule has 92 valence electrons. The topological polar surface area (TPSA) is 40.2 Å². The Labute approximate surface area is 102 Å². The minimum Gasteiger partial charge on any atom is -0.495 e. The third kappa shape index (κ3) is 1.80. The van der Waals surface area contributed by atoms with Crippen LogP contribution in [0.2, 0.25) is 0 Å². The Balaban J connectivity index is 2.77. The molecule has 17 heavy (non-hydrogen) atoms. The molecule has 3 heteroatoms. The first-order valence-electron chi connectivity index (χ1n) is 5.84. The number of aromatic nitrogens is 1. The molecule has 0 aliphatic heterocycles. The van der Waals surface area contributed by atoms with Gasteiger partial charge < -0.3 is 15.0 Å². The molecule has 0 aliphatic rings. The van der Waals surface area contributed by atoms with Crippen LogP contribution in [0.4, 0.5) is 0 Å². The van der Waals surface area contributed by atoms with Gasteiger partial charge in [0.1, 0.15) is 5.75 Å². The molecule has 0 unspecified atom stereocenters. The first kappa shape index (κ1) is 12.0. The molecule has 0 saturated heterocycles. The van der Waals surface area contributed by atoms with Crippen molar-refractivity contribution in [1.29, 1.82) is 0 Å². The first-order valence-corrected chi connectivity index (χ1v) is 5.84. The molecule has 0 aliphatic carbocycles. The van der Waals surface area contributed by atoms with E-state index in [9.17, 15) is 0 Å². The molecule has 2 rings (SSSR count). The van der Waals surface area contributed by atoms with E-state index >= 15 is 0 Å². The second kappa shape index (κ2) is 4.08. The minimum atomic E-state index is -0.0219. The number of para-hydroxylation sites is 1. The Kier molecular flexibility index (Phi) is 2.87. The molecule has 0 atom stereocenters. The minimum absolute atomic E-state index is 0.0219. The average Bonchev–Trinajstić information content (AvgIpc) is 2.68. The maximum absolute atomic E-state index is 5.87.